The van der Waals surface area contributed by atoms with Crippen LogP contribution in [0.2, 0.25) is 0 Å². The minimum atomic E-state index is -0.677. The molecule has 0 rings (SSSR count). The molecule has 0 saturated heterocycles. The summed E-state index contributed by atoms with van der Waals surface area (Å²) in [4.78, 5) is 20.8. The predicted octanol–water partition coefficient (Wildman–Crippen LogP) is -0.187. The van der Waals surface area contributed by atoms with Crippen molar-refractivity contribution in [3.8, 4) is 0 Å². The van der Waals surface area contributed by atoms with Gasteiger partial charge in [0.1, 0.15) is 6.04 Å². The van der Waals surface area contributed by atoms with Crippen LogP contribution in [0.3, 0.4) is 0 Å². The molecular weight excluding hydrogens is 134 g/mol. The summed E-state index contributed by atoms with van der Waals surface area (Å²) >= 11 is 0. The second-order valence-electron chi connectivity index (χ2n) is 1.93. The molecule has 4 heteroatoms. The fraction of sp³-hybridized carbons (Fsp3) is 0.667. The van der Waals surface area contributed by atoms with Crippen molar-refractivity contribution in [3.63, 3.8) is 0 Å². The maximum atomic E-state index is 10.6. The lowest BCUT2D eigenvalue weighted by atomic mass is 10.2. The van der Waals surface area contributed by atoms with E-state index in [0.29, 0.717) is 6.42 Å². The smallest absolute Gasteiger partial charge is 0.330 e. The van der Waals surface area contributed by atoms with Gasteiger partial charge in [0.2, 0.25) is 0 Å². The quantitative estimate of drug-likeness (QED) is 0.432. The van der Waals surface area contributed by atoms with E-state index in [1.54, 1.807) is 6.92 Å². The van der Waals surface area contributed by atoms with Crippen molar-refractivity contribution in [2.24, 2.45) is 5.73 Å². The minimum absolute atomic E-state index is 0.478. The van der Waals surface area contributed by atoms with Crippen molar-refractivity contribution in [1.29, 1.82) is 0 Å². The molecule has 0 aromatic carbocycles. The summed E-state index contributed by atoms with van der Waals surface area (Å²) in [7, 11) is 0. The first-order chi connectivity index (χ1) is 4.57. The average molecular weight is 145 g/mol. The molecule has 0 fully saturated rings. The van der Waals surface area contributed by atoms with E-state index in [1.165, 1.54) is 6.92 Å². The lowest BCUT2D eigenvalue weighted by Gasteiger charge is -2.04. The Balaban J connectivity index is 3.73. The molecule has 0 spiro atoms. The first kappa shape index (κ1) is 9.10. The van der Waals surface area contributed by atoms with Gasteiger partial charge in [0.25, 0.3) is 0 Å². The summed E-state index contributed by atoms with van der Waals surface area (Å²) in [5, 5.41) is 0. The van der Waals surface area contributed by atoms with E-state index >= 15 is 0 Å². The predicted molar refractivity (Wildman–Crippen MR) is 35.0 cm³/mol. The fourth-order valence-corrected chi connectivity index (χ4v) is 0.384. The summed E-state index contributed by atoms with van der Waals surface area (Å²) in [6.07, 6.45) is 0.478. The Labute approximate surface area is 59.3 Å². The lowest BCUT2D eigenvalue weighted by molar-refractivity contribution is -0.159. The SMILES string of the molecule is CC[C@H](N)C(=O)OC(C)=O. The van der Waals surface area contributed by atoms with E-state index in [4.69, 9.17) is 5.73 Å². The largest absolute Gasteiger partial charge is 0.392 e. The van der Waals surface area contributed by atoms with Crippen LogP contribution >= 0.6 is 0 Å². The molecule has 58 valence electrons. The molecule has 1 atom stereocenters. The number of esters is 2. The third-order valence-corrected chi connectivity index (χ3v) is 0.987. The van der Waals surface area contributed by atoms with Gasteiger partial charge in [0, 0.05) is 6.92 Å². The highest BCUT2D eigenvalue weighted by atomic mass is 16.6. The highest BCUT2D eigenvalue weighted by Crippen LogP contribution is 1.90. The Kier molecular flexibility index (Phi) is 3.64. The molecule has 0 aromatic heterocycles. The molecule has 4 nitrogen and oxygen atoms in total. The second-order valence-corrected chi connectivity index (χ2v) is 1.93. The van der Waals surface area contributed by atoms with Gasteiger partial charge in [-0.3, -0.25) is 4.79 Å². The molecule has 0 aliphatic rings. The molecule has 0 aliphatic heterocycles. The van der Waals surface area contributed by atoms with E-state index < -0.39 is 18.0 Å². The maximum absolute atomic E-state index is 10.6. The zero-order valence-electron chi connectivity index (χ0n) is 6.09. The number of carbonyl (C=O) groups excluding carboxylic acids is 2. The van der Waals surface area contributed by atoms with Crippen LogP contribution in [0, 0.1) is 0 Å². The topological polar surface area (TPSA) is 69.4 Å². The van der Waals surface area contributed by atoms with Crippen molar-refractivity contribution in [3.05, 3.63) is 0 Å². The molecule has 10 heavy (non-hydrogen) atoms. The molecule has 0 amide bonds. The van der Waals surface area contributed by atoms with Crippen LogP contribution in [0.15, 0.2) is 0 Å². The van der Waals surface area contributed by atoms with Gasteiger partial charge >= 0.3 is 11.9 Å². The van der Waals surface area contributed by atoms with E-state index in [1.807, 2.05) is 0 Å². The average Bonchev–Trinajstić information content (AvgIpc) is 1.85. The van der Waals surface area contributed by atoms with E-state index in [0.717, 1.165) is 0 Å². The Morgan fingerprint density at radius 2 is 2.10 bits per heavy atom. The van der Waals surface area contributed by atoms with Crippen LogP contribution in [0.1, 0.15) is 20.3 Å². The van der Waals surface area contributed by atoms with Crippen LogP contribution in [-0.2, 0) is 14.3 Å². The van der Waals surface area contributed by atoms with Gasteiger partial charge in [-0.25, -0.2) is 4.79 Å². The molecule has 0 aromatic rings. The standard InChI is InChI=1S/C6H11NO3/c1-3-5(7)6(9)10-4(2)8/h5H,3,7H2,1-2H3/t5-/m0/s1. The monoisotopic (exact) mass is 145 g/mol. The third kappa shape index (κ3) is 3.19. The summed E-state index contributed by atoms with van der Waals surface area (Å²) in [5.74, 6) is -1.27. The highest BCUT2D eigenvalue weighted by Gasteiger charge is 2.13. The summed E-state index contributed by atoms with van der Waals surface area (Å²) < 4.78 is 4.20. The number of rotatable bonds is 2. The van der Waals surface area contributed by atoms with Crippen LogP contribution in [-0.4, -0.2) is 18.0 Å². The zero-order chi connectivity index (χ0) is 8.15. The van der Waals surface area contributed by atoms with Crippen LogP contribution in [0.5, 0.6) is 0 Å². The Bertz CT molecular complexity index is 144. The molecule has 0 bridgehead atoms. The van der Waals surface area contributed by atoms with Gasteiger partial charge in [0.05, 0.1) is 0 Å². The number of carbonyl (C=O) groups is 2. The fourth-order valence-electron chi connectivity index (χ4n) is 0.384. The van der Waals surface area contributed by atoms with Gasteiger partial charge in [-0.1, -0.05) is 6.92 Å². The first-order valence-corrected chi connectivity index (χ1v) is 3.05. The number of ether oxygens (including phenoxy) is 1. The van der Waals surface area contributed by atoms with Crippen LogP contribution in [0.25, 0.3) is 0 Å². The molecule has 0 heterocycles. The maximum Gasteiger partial charge on any atom is 0.330 e. The van der Waals surface area contributed by atoms with Crippen molar-refractivity contribution in [1.82, 2.24) is 0 Å². The first-order valence-electron chi connectivity index (χ1n) is 3.05. The third-order valence-electron chi connectivity index (χ3n) is 0.987. The molecule has 0 saturated carbocycles. The minimum Gasteiger partial charge on any atom is -0.392 e. The highest BCUT2D eigenvalue weighted by molar-refractivity contribution is 5.87. The van der Waals surface area contributed by atoms with E-state index in [2.05, 4.69) is 4.74 Å². The van der Waals surface area contributed by atoms with Crippen molar-refractivity contribution >= 4 is 11.9 Å². The molecule has 0 aliphatic carbocycles. The van der Waals surface area contributed by atoms with Crippen LogP contribution in [0.4, 0.5) is 0 Å². The summed E-state index contributed by atoms with van der Waals surface area (Å²) in [6, 6.07) is -0.677. The van der Waals surface area contributed by atoms with E-state index in [9.17, 15) is 9.59 Å². The number of hydrogen-bond donors (Lipinski definition) is 1. The summed E-state index contributed by atoms with van der Waals surface area (Å²) in [6.45, 7) is 2.91. The van der Waals surface area contributed by atoms with Crippen LogP contribution < -0.4 is 5.73 Å². The molecular formula is C6H11NO3. The van der Waals surface area contributed by atoms with Crippen molar-refractivity contribution < 1.29 is 14.3 Å². The molecule has 0 radical (unpaired) electrons. The molecule has 0 unspecified atom stereocenters. The Morgan fingerprint density at radius 1 is 1.60 bits per heavy atom. The Hall–Kier alpha value is -0.900. The normalized spacial score (nSPS) is 12.3. The second kappa shape index (κ2) is 4.00. The number of nitrogens with two attached hydrogens (primary N) is 1. The van der Waals surface area contributed by atoms with Crippen molar-refractivity contribution in [2.75, 3.05) is 0 Å². The number of hydrogen-bond acceptors (Lipinski definition) is 4. The van der Waals surface area contributed by atoms with Gasteiger partial charge in [0.15, 0.2) is 0 Å². The summed E-state index contributed by atoms with van der Waals surface area (Å²) in [5.41, 5.74) is 5.24. The van der Waals surface area contributed by atoms with Gasteiger partial charge in [-0.05, 0) is 6.42 Å². The lowest BCUT2D eigenvalue weighted by Crippen LogP contribution is -2.32. The van der Waals surface area contributed by atoms with Crippen molar-refractivity contribution in [2.45, 2.75) is 26.3 Å². The van der Waals surface area contributed by atoms with Gasteiger partial charge in [-0.2, -0.15) is 0 Å². The Morgan fingerprint density at radius 3 is 2.40 bits per heavy atom. The zero-order valence-corrected chi connectivity index (χ0v) is 6.09. The van der Waals surface area contributed by atoms with Gasteiger partial charge < -0.3 is 10.5 Å². The molecule has 2 N–H and O–H groups in total. The van der Waals surface area contributed by atoms with E-state index in [-0.39, 0.29) is 0 Å². The van der Waals surface area contributed by atoms with Gasteiger partial charge in [-0.15, -0.1) is 0 Å².